The largest absolute Gasteiger partial charge is 0.342 e. The molecule has 42 heavy (non-hydrogen) atoms. The van der Waals surface area contributed by atoms with Gasteiger partial charge in [0.1, 0.15) is 5.82 Å². The van der Waals surface area contributed by atoms with Gasteiger partial charge in [0.15, 0.2) is 0 Å². The van der Waals surface area contributed by atoms with E-state index in [1.54, 1.807) is 35.2 Å². The fourth-order valence-corrected chi connectivity index (χ4v) is 7.44. The van der Waals surface area contributed by atoms with Crippen molar-refractivity contribution in [1.29, 1.82) is 0 Å². The number of hydrogen-bond donors (Lipinski definition) is 0. The number of rotatable bonds is 11. The molecule has 2 aliphatic rings. The summed E-state index contributed by atoms with van der Waals surface area (Å²) in [6.07, 6.45) is 2.56. The number of likely N-dealkylation sites (tertiary alicyclic amines) is 1. The Balaban J connectivity index is 1.29. The molecule has 0 aromatic heterocycles. The van der Waals surface area contributed by atoms with Crippen LogP contribution >= 0.6 is 0 Å². The van der Waals surface area contributed by atoms with Gasteiger partial charge in [-0.1, -0.05) is 67.6 Å². The minimum Gasteiger partial charge on any atom is -0.342 e. The third-order valence-corrected chi connectivity index (χ3v) is 10.1. The van der Waals surface area contributed by atoms with Crippen LogP contribution in [0.15, 0.2) is 89.8 Å². The SMILES string of the molecule is CCCN(CC(=O)N(Cc1cccc(F)c1)C1CCN(C(=O)C2C[C@@H]2c2ccccc2)CC1)S(=O)(=O)c1ccccc1. The molecule has 222 valence electrons. The van der Waals surface area contributed by atoms with Crippen molar-refractivity contribution >= 4 is 21.8 Å². The van der Waals surface area contributed by atoms with E-state index in [9.17, 15) is 22.4 Å². The van der Waals surface area contributed by atoms with E-state index in [1.807, 2.05) is 30.0 Å². The molecule has 3 aromatic carbocycles. The summed E-state index contributed by atoms with van der Waals surface area (Å²) >= 11 is 0. The molecule has 1 unspecified atom stereocenters. The molecule has 7 nitrogen and oxygen atoms in total. The molecule has 2 atom stereocenters. The Morgan fingerprint density at radius 2 is 1.60 bits per heavy atom. The van der Waals surface area contributed by atoms with Crippen molar-refractivity contribution < 1.29 is 22.4 Å². The minimum absolute atomic E-state index is 0.000209. The maximum Gasteiger partial charge on any atom is 0.243 e. The van der Waals surface area contributed by atoms with Crippen LogP contribution in [0.1, 0.15) is 49.7 Å². The highest BCUT2D eigenvalue weighted by molar-refractivity contribution is 7.89. The van der Waals surface area contributed by atoms with Crippen molar-refractivity contribution in [3.63, 3.8) is 0 Å². The van der Waals surface area contributed by atoms with Gasteiger partial charge in [0.25, 0.3) is 0 Å². The number of piperidine rings is 1. The quantitative estimate of drug-likeness (QED) is 0.313. The molecule has 0 spiro atoms. The monoisotopic (exact) mass is 591 g/mol. The summed E-state index contributed by atoms with van der Waals surface area (Å²) in [6.45, 7) is 2.98. The van der Waals surface area contributed by atoms with E-state index in [0.29, 0.717) is 37.9 Å². The van der Waals surface area contributed by atoms with E-state index in [2.05, 4.69) is 12.1 Å². The van der Waals surface area contributed by atoms with Gasteiger partial charge < -0.3 is 9.80 Å². The molecule has 2 fully saturated rings. The molecule has 1 saturated carbocycles. The van der Waals surface area contributed by atoms with Crippen LogP contribution in [0.25, 0.3) is 0 Å². The highest BCUT2D eigenvalue weighted by Crippen LogP contribution is 2.48. The van der Waals surface area contributed by atoms with Crippen LogP contribution in [0, 0.1) is 11.7 Å². The molecule has 1 aliphatic heterocycles. The zero-order valence-corrected chi connectivity index (χ0v) is 24.8. The summed E-state index contributed by atoms with van der Waals surface area (Å²) in [4.78, 5) is 30.9. The summed E-state index contributed by atoms with van der Waals surface area (Å²) in [7, 11) is -3.88. The van der Waals surface area contributed by atoms with Gasteiger partial charge in [-0.3, -0.25) is 9.59 Å². The Morgan fingerprint density at radius 3 is 2.24 bits per heavy atom. The fourth-order valence-electron chi connectivity index (χ4n) is 5.94. The molecule has 5 rings (SSSR count). The second-order valence-electron chi connectivity index (χ2n) is 11.2. The lowest BCUT2D eigenvalue weighted by Crippen LogP contribution is -2.51. The first-order chi connectivity index (χ1) is 20.3. The molecule has 2 amide bonds. The van der Waals surface area contributed by atoms with Crippen molar-refractivity contribution in [2.75, 3.05) is 26.2 Å². The van der Waals surface area contributed by atoms with Crippen molar-refractivity contribution in [3.05, 3.63) is 102 Å². The normalized spacial score (nSPS) is 19.1. The summed E-state index contributed by atoms with van der Waals surface area (Å²) in [6, 6.07) is 24.2. The third kappa shape index (κ3) is 6.90. The van der Waals surface area contributed by atoms with E-state index in [-0.39, 0.29) is 54.2 Å². The van der Waals surface area contributed by atoms with E-state index < -0.39 is 15.8 Å². The number of carbonyl (C=O) groups is 2. The van der Waals surface area contributed by atoms with Crippen molar-refractivity contribution in [1.82, 2.24) is 14.1 Å². The van der Waals surface area contributed by atoms with Gasteiger partial charge in [0.05, 0.1) is 11.4 Å². The Kier molecular flexibility index (Phi) is 9.38. The van der Waals surface area contributed by atoms with Crippen LogP contribution in [-0.4, -0.2) is 66.6 Å². The maximum absolute atomic E-state index is 14.1. The van der Waals surface area contributed by atoms with E-state index in [1.165, 1.54) is 34.1 Å². The number of halogens is 1. The lowest BCUT2D eigenvalue weighted by Gasteiger charge is -2.39. The van der Waals surface area contributed by atoms with Gasteiger partial charge in [-0.05, 0) is 67.0 Å². The predicted octanol–water partition coefficient (Wildman–Crippen LogP) is 5.05. The molecule has 1 aliphatic carbocycles. The molecule has 0 radical (unpaired) electrons. The lowest BCUT2D eigenvalue weighted by molar-refractivity contribution is -0.138. The predicted molar refractivity (Wildman–Crippen MR) is 159 cm³/mol. The number of nitrogens with zero attached hydrogens (tertiary/aromatic N) is 3. The van der Waals surface area contributed by atoms with Gasteiger partial charge >= 0.3 is 0 Å². The van der Waals surface area contributed by atoms with Gasteiger partial charge in [-0.25, -0.2) is 12.8 Å². The molecular weight excluding hydrogens is 553 g/mol. The third-order valence-electron chi connectivity index (χ3n) is 8.28. The summed E-state index contributed by atoms with van der Waals surface area (Å²) in [5, 5.41) is 0. The van der Waals surface area contributed by atoms with Gasteiger partial charge in [-0.15, -0.1) is 0 Å². The summed E-state index contributed by atoms with van der Waals surface area (Å²) < 4.78 is 42.2. The van der Waals surface area contributed by atoms with E-state index in [0.717, 1.165) is 6.42 Å². The highest BCUT2D eigenvalue weighted by atomic mass is 32.2. The zero-order valence-electron chi connectivity index (χ0n) is 23.9. The van der Waals surface area contributed by atoms with Crippen LogP contribution in [0.4, 0.5) is 4.39 Å². The van der Waals surface area contributed by atoms with Crippen LogP contribution in [0.2, 0.25) is 0 Å². The first-order valence-electron chi connectivity index (χ1n) is 14.7. The number of amides is 2. The molecule has 0 bridgehead atoms. The van der Waals surface area contributed by atoms with Crippen LogP contribution < -0.4 is 0 Å². The lowest BCUT2D eigenvalue weighted by atomic mass is 10.0. The second-order valence-corrected chi connectivity index (χ2v) is 13.2. The molecular formula is C33H38FN3O4S. The van der Waals surface area contributed by atoms with Crippen molar-refractivity contribution in [2.24, 2.45) is 5.92 Å². The Hall–Kier alpha value is -3.56. The molecule has 9 heteroatoms. The summed E-state index contributed by atoms with van der Waals surface area (Å²) in [5.41, 5.74) is 1.83. The van der Waals surface area contributed by atoms with Crippen LogP contribution in [0.3, 0.4) is 0 Å². The second kappa shape index (κ2) is 13.2. The first kappa shape index (κ1) is 29.9. The van der Waals surface area contributed by atoms with E-state index >= 15 is 0 Å². The molecule has 1 saturated heterocycles. The summed E-state index contributed by atoms with van der Waals surface area (Å²) in [5.74, 6) is -0.299. The number of carbonyl (C=O) groups excluding carboxylic acids is 2. The smallest absolute Gasteiger partial charge is 0.243 e. The highest BCUT2D eigenvalue weighted by Gasteiger charge is 2.46. The topological polar surface area (TPSA) is 78.0 Å². The van der Waals surface area contributed by atoms with Crippen molar-refractivity contribution in [3.8, 4) is 0 Å². The Morgan fingerprint density at radius 1 is 0.929 bits per heavy atom. The van der Waals surface area contributed by atoms with E-state index in [4.69, 9.17) is 0 Å². The maximum atomic E-state index is 14.1. The Bertz CT molecular complexity index is 1480. The molecule has 3 aromatic rings. The number of benzene rings is 3. The van der Waals surface area contributed by atoms with Crippen molar-refractivity contribution in [2.45, 2.75) is 56.0 Å². The minimum atomic E-state index is -3.88. The number of sulfonamides is 1. The van der Waals surface area contributed by atoms with Gasteiger partial charge in [0.2, 0.25) is 21.8 Å². The van der Waals surface area contributed by atoms with Gasteiger partial charge in [-0.2, -0.15) is 4.31 Å². The molecule has 1 heterocycles. The van der Waals surface area contributed by atoms with Gasteiger partial charge in [0, 0.05) is 38.1 Å². The number of hydrogen-bond acceptors (Lipinski definition) is 4. The van der Waals surface area contributed by atoms with Crippen LogP contribution in [0.5, 0.6) is 0 Å². The Labute approximate surface area is 248 Å². The zero-order chi connectivity index (χ0) is 29.7. The average Bonchev–Trinajstić information content (AvgIpc) is 3.81. The first-order valence-corrected chi connectivity index (χ1v) is 16.1. The standard InChI is InChI=1S/C33H38FN3O4S/c1-2-18-36(42(40,41)29-14-7-4-8-15-29)24-32(38)37(23-25-10-9-13-27(34)21-25)28-16-19-35(20-17-28)33(39)31-22-30(31)26-11-5-3-6-12-26/h3-15,21,28,30-31H,2,16-20,22-24H2,1H3/t30-,31?/m1/s1. The fraction of sp³-hybridized carbons (Fsp3) is 0.394. The molecule has 0 N–H and O–H groups in total. The average molecular weight is 592 g/mol. The van der Waals surface area contributed by atoms with Crippen LogP contribution in [-0.2, 0) is 26.2 Å².